The standard InChI is InChI=1S/C15H12BrNO4/c16-11-7-8(15(20)21)5-6-12(11)17-13(18)9-3-1-2-4-10(9)14(17)19/h1-2,5-7,9-10H,3-4H2,(H,20,21). The van der Waals surface area contributed by atoms with Gasteiger partial charge in [0.2, 0.25) is 11.8 Å². The lowest BCUT2D eigenvalue weighted by Gasteiger charge is -2.16. The average Bonchev–Trinajstić information content (AvgIpc) is 2.72. The summed E-state index contributed by atoms with van der Waals surface area (Å²) < 4.78 is 0.427. The number of carbonyl (C=O) groups excluding carboxylic acids is 2. The van der Waals surface area contributed by atoms with E-state index in [1.165, 1.54) is 23.1 Å². The molecule has 2 aliphatic rings. The van der Waals surface area contributed by atoms with Crippen LogP contribution in [0.3, 0.4) is 0 Å². The van der Waals surface area contributed by atoms with Gasteiger partial charge in [0, 0.05) is 4.47 Å². The molecule has 1 aliphatic heterocycles. The molecule has 1 fully saturated rings. The third-order valence-corrected chi connectivity index (χ3v) is 4.58. The van der Waals surface area contributed by atoms with Gasteiger partial charge in [-0.2, -0.15) is 0 Å². The third-order valence-electron chi connectivity index (χ3n) is 3.94. The summed E-state index contributed by atoms with van der Waals surface area (Å²) in [6, 6.07) is 4.29. The molecular weight excluding hydrogens is 338 g/mol. The SMILES string of the molecule is O=C(O)c1ccc(N2C(=O)C3CC=CCC3C2=O)c(Br)c1. The molecule has 2 amide bonds. The Bertz CT molecular complexity index is 656. The first kappa shape index (κ1) is 14.0. The van der Waals surface area contributed by atoms with E-state index in [0.717, 1.165) is 0 Å². The highest BCUT2D eigenvalue weighted by molar-refractivity contribution is 9.10. The van der Waals surface area contributed by atoms with E-state index >= 15 is 0 Å². The summed E-state index contributed by atoms with van der Waals surface area (Å²) in [5, 5.41) is 8.96. The number of rotatable bonds is 2. The van der Waals surface area contributed by atoms with Gasteiger partial charge < -0.3 is 5.11 Å². The molecule has 0 saturated carbocycles. The van der Waals surface area contributed by atoms with Crippen molar-refractivity contribution in [2.24, 2.45) is 11.8 Å². The molecule has 1 saturated heterocycles. The van der Waals surface area contributed by atoms with Gasteiger partial charge >= 0.3 is 5.97 Å². The molecule has 21 heavy (non-hydrogen) atoms. The van der Waals surface area contributed by atoms with Crippen molar-refractivity contribution in [3.05, 3.63) is 40.4 Å². The van der Waals surface area contributed by atoms with E-state index in [0.29, 0.717) is 23.0 Å². The Kier molecular flexibility index (Phi) is 3.41. The molecule has 1 heterocycles. The van der Waals surface area contributed by atoms with E-state index in [2.05, 4.69) is 15.9 Å². The lowest BCUT2D eigenvalue weighted by Crippen LogP contribution is -2.31. The highest BCUT2D eigenvalue weighted by Gasteiger charge is 2.48. The van der Waals surface area contributed by atoms with Crippen molar-refractivity contribution < 1.29 is 19.5 Å². The second-order valence-electron chi connectivity index (χ2n) is 5.14. The maximum absolute atomic E-state index is 12.5. The fourth-order valence-corrected chi connectivity index (χ4v) is 3.42. The fraction of sp³-hybridized carbons (Fsp3) is 0.267. The van der Waals surface area contributed by atoms with Crippen LogP contribution in [0.25, 0.3) is 0 Å². The topological polar surface area (TPSA) is 74.7 Å². The number of allylic oxidation sites excluding steroid dienone is 2. The minimum atomic E-state index is -1.06. The van der Waals surface area contributed by atoms with E-state index in [1.807, 2.05) is 12.2 Å². The number of anilines is 1. The number of aromatic carboxylic acids is 1. The number of imide groups is 1. The normalized spacial score (nSPS) is 24.3. The van der Waals surface area contributed by atoms with Crippen LogP contribution in [0.1, 0.15) is 23.2 Å². The van der Waals surface area contributed by atoms with Gasteiger partial charge in [-0.25, -0.2) is 9.69 Å². The van der Waals surface area contributed by atoms with Crippen molar-refractivity contribution in [3.8, 4) is 0 Å². The van der Waals surface area contributed by atoms with Crippen molar-refractivity contribution in [2.45, 2.75) is 12.8 Å². The summed E-state index contributed by atoms with van der Waals surface area (Å²) in [5.41, 5.74) is 0.508. The molecule has 0 spiro atoms. The van der Waals surface area contributed by atoms with Gasteiger partial charge in [-0.15, -0.1) is 0 Å². The molecule has 0 bridgehead atoms. The predicted octanol–water partition coefficient (Wildman–Crippen LogP) is 2.60. The van der Waals surface area contributed by atoms with Crippen LogP contribution in [-0.2, 0) is 9.59 Å². The van der Waals surface area contributed by atoms with Crippen LogP contribution in [0.5, 0.6) is 0 Å². The second-order valence-corrected chi connectivity index (χ2v) is 5.99. The Labute approximate surface area is 129 Å². The van der Waals surface area contributed by atoms with E-state index in [-0.39, 0.29) is 29.2 Å². The molecule has 1 N–H and O–H groups in total. The Morgan fingerprint density at radius 1 is 1.14 bits per heavy atom. The van der Waals surface area contributed by atoms with Gasteiger partial charge in [0.1, 0.15) is 0 Å². The van der Waals surface area contributed by atoms with E-state index < -0.39 is 5.97 Å². The number of carboxylic acid groups (broad SMARTS) is 1. The van der Waals surface area contributed by atoms with Gasteiger partial charge in [-0.05, 0) is 47.0 Å². The monoisotopic (exact) mass is 349 g/mol. The molecule has 0 radical (unpaired) electrons. The van der Waals surface area contributed by atoms with Crippen molar-refractivity contribution in [1.82, 2.24) is 0 Å². The van der Waals surface area contributed by atoms with Crippen molar-refractivity contribution in [2.75, 3.05) is 4.90 Å². The predicted molar refractivity (Wildman–Crippen MR) is 78.9 cm³/mol. The summed E-state index contributed by atoms with van der Waals surface area (Å²) in [7, 11) is 0. The number of hydrogen-bond acceptors (Lipinski definition) is 3. The number of benzene rings is 1. The quantitative estimate of drug-likeness (QED) is 0.657. The van der Waals surface area contributed by atoms with Crippen LogP contribution in [0.4, 0.5) is 5.69 Å². The first-order valence-corrected chi connectivity index (χ1v) is 7.35. The molecule has 1 aromatic carbocycles. The Hall–Kier alpha value is -1.95. The van der Waals surface area contributed by atoms with Gasteiger partial charge in [0.05, 0.1) is 23.1 Å². The molecule has 108 valence electrons. The van der Waals surface area contributed by atoms with Gasteiger partial charge in [0.25, 0.3) is 0 Å². The van der Waals surface area contributed by atoms with Crippen LogP contribution in [0, 0.1) is 11.8 Å². The molecule has 2 atom stereocenters. The molecule has 3 rings (SSSR count). The van der Waals surface area contributed by atoms with Crippen LogP contribution in [0.15, 0.2) is 34.8 Å². The van der Waals surface area contributed by atoms with E-state index in [1.54, 1.807) is 0 Å². The first-order valence-electron chi connectivity index (χ1n) is 6.56. The number of carbonyl (C=O) groups is 3. The van der Waals surface area contributed by atoms with Crippen LogP contribution in [0.2, 0.25) is 0 Å². The lowest BCUT2D eigenvalue weighted by atomic mass is 9.85. The second kappa shape index (κ2) is 5.11. The highest BCUT2D eigenvalue weighted by Crippen LogP contribution is 2.40. The smallest absolute Gasteiger partial charge is 0.335 e. The summed E-state index contributed by atoms with van der Waals surface area (Å²) in [5.74, 6) is -2.07. The molecule has 2 unspecified atom stereocenters. The minimum Gasteiger partial charge on any atom is -0.478 e. The average molecular weight is 350 g/mol. The molecule has 1 aliphatic carbocycles. The molecule has 5 nitrogen and oxygen atoms in total. The fourth-order valence-electron chi connectivity index (χ4n) is 2.86. The number of amides is 2. The summed E-state index contributed by atoms with van der Waals surface area (Å²) in [6.45, 7) is 0. The highest BCUT2D eigenvalue weighted by atomic mass is 79.9. The molecule has 1 aromatic rings. The van der Waals surface area contributed by atoms with E-state index in [4.69, 9.17) is 5.11 Å². The van der Waals surface area contributed by atoms with Crippen molar-refractivity contribution in [1.29, 1.82) is 0 Å². The maximum Gasteiger partial charge on any atom is 0.335 e. The Morgan fingerprint density at radius 2 is 1.71 bits per heavy atom. The largest absolute Gasteiger partial charge is 0.478 e. The summed E-state index contributed by atoms with van der Waals surface area (Å²) in [6.07, 6.45) is 5.02. The zero-order valence-corrected chi connectivity index (χ0v) is 12.5. The maximum atomic E-state index is 12.5. The van der Waals surface area contributed by atoms with Crippen LogP contribution < -0.4 is 4.90 Å². The number of carboxylic acids is 1. The number of hydrogen-bond donors (Lipinski definition) is 1. The van der Waals surface area contributed by atoms with Crippen LogP contribution in [-0.4, -0.2) is 22.9 Å². The molecule has 6 heteroatoms. The molecular formula is C15H12BrNO4. The number of halogens is 1. The van der Waals surface area contributed by atoms with Gasteiger partial charge in [-0.1, -0.05) is 12.2 Å². The summed E-state index contributed by atoms with van der Waals surface area (Å²) in [4.78, 5) is 37.0. The van der Waals surface area contributed by atoms with Crippen molar-refractivity contribution >= 4 is 39.4 Å². The van der Waals surface area contributed by atoms with Gasteiger partial charge in [-0.3, -0.25) is 9.59 Å². The first-order chi connectivity index (χ1) is 10.0. The van der Waals surface area contributed by atoms with Crippen molar-refractivity contribution in [3.63, 3.8) is 0 Å². The lowest BCUT2D eigenvalue weighted by molar-refractivity contribution is -0.122. The molecule has 0 aromatic heterocycles. The summed E-state index contributed by atoms with van der Waals surface area (Å²) >= 11 is 3.25. The number of fused-ring (bicyclic) bond motifs is 1. The van der Waals surface area contributed by atoms with E-state index in [9.17, 15) is 14.4 Å². The number of nitrogens with zero attached hydrogens (tertiary/aromatic N) is 1. The zero-order chi connectivity index (χ0) is 15.1. The van der Waals surface area contributed by atoms with Gasteiger partial charge in [0.15, 0.2) is 0 Å². The third kappa shape index (κ3) is 2.19. The van der Waals surface area contributed by atoms with Crippen LogP contribution >= 0.6 is 15.9 Å². The minimum absolute atomic E-state index is 0.101. The Balaban J connectivity index is 1.99. The zero-order valence-electron chi connectivity index (χ0n) is 11.0. The Morgan fingerprint density at radius 3 is 2.19 bits per heavy atom.